The van der Waals surface area contributed by atoms with Gasteiger partial charge in [-0.05, 0) is 39.0 Å². The number of rotatable bonds is 1. The number of hydrogen-bond donors (Lipinski definition) is 1. The minimum Gasteiger partial charge on any atom is -0.282 e. The molecule has 84 valence electrons. The van der Waals surface area contributed by atoms with Gasteiger partial charge in [0.05, 0.1) is 0 Å². The zero-order chi connectivity index (χ0) is 11.9. The van der Waals surface area contributed by atoms with Crippen molar-refractivity contribution in [2.75, 3.05) is 0 Å². The highest BCUT2D eigenvalue weighted by atomic mass is 79.9. The van der Waals surface area contributed by atoms with Crippen molar-refractivity contribution in [3.63, 3.8) is 0 Å². The van der Waals surface area contributed by atoms with Crippen molar-refractivity contribution in [1.29, 1.82) is 0 Å². The van der Waals surface area contributed by atoms with Crippen molar-refractivity contribution >= 4 is 26.0 Å². The quantitative estimate of drug-likeness (QED) is 0.810. The van der Waals surface area contributed by atoms with E-state index in [9.17, 15) is 8.42 Å². The number of benzene rings is 1. The van der Waals surface area contributed by atoms with Crippen LogP contribution in [0.1, 0.15) is 26.3 Å². The fourth-order valence-electron chi connectivity index (χ4n) is 1.18. The van der Waals surface area contributed by atoms with Gasteiger partial charge in [-0.25, -0.2) is 0 Å². The van der Waals surface area contributed by atoms with Crippen LogP contribution < -0.4 is 0 Å². The second-order valence-electron chi connectivity index (χ2n) is 4.37. The minimum atomic E-state index is -4.14. The summed E-state index contributed by atoms with van der Waals surface area (Å²) in [7, 11) is -4.14. The fraction of sp³-hybridized carbons (Fsp3) is 0.400. The van der Waals surface area contributed by atoms with Crippen molar-refractivity contribution in [2.24, 2.45) is 0 Å². The highest BCUT2D eigenvalue weighted by Gasteiger charge is 2.18. The van der Waals surface area contributed by atoms with Crippen LogP contribution in [-0.4, -0.2) is 13.0 Å². The zero-order valence-corrected chi connectivity index (χ0v) is 11.2. The van der Waals surface area contributed by atoms with Gasteiger partial charge in [-0.2, -0.15) is 8.42 Å². The van der Waals surface area contributed by atoms with E-state index in [-0.39, 0.29) is 10.3 Å². The molecule has 3 nitrogen and oxygen atoms in total. The van der Waals surface area contributed by atoms with Crippen molar-refractivity contribution in [3.8, 4) is 0 Å². The van der Waals surface area contributed by atoms with Gasteiger partial charge in [0.25, 0.3) is 10.1 Å². The molecule has 1 aromatic rings. The Morgan fingerprint density at radius 2 is 1.80 bits per heavy atom. The summed E-state index contributed by atoms with van der Waals surface area (Å²) in [5.74, 6) is 0. The summed E-state index contributed by atoms with van der Waals surface area (Å²) in [6.45, 7) is 6.09. The van der Waals surface area contributed by atoms with Gasteiger partial charge in [-0.1, -0.05) is 26.8 Å². The van der Waals surface area contributed by atoms with Crippen LogP contribution in [0.25, 0.3) is 0 Å². The molecule has 0 amide bonds. The van der Waals surface area contributed by atoms with Gasteiger partial charge in [0.15, 0.2) is 0 Å². The maximum Gasteiger partial charge on any atom is 0.295 e. The molecule has 0 spiro atoms. The van der Waals surface area contributed by atoms with E-state index in [1.807, 2.05) is 20.8 Å². The largest absolute Gasteiger partial charge is 0.295 e. The lowest BCUT2D eigenvalue weighted by atomic mass is 9.87. The Hall–Kier alpha value is -0.390. The topological polar surface area (TPSA) is 54.4 Å². The van der Waals surface area contributed by atoms with E-state index in [0.717, 1.165) is 5.56 Å². The van der Waals surface area contributed by atoms with Gasteiger partial charge in [0.1, 0.15) is 4.90 Å². The molecule has 1 N–H and O–H groups in total. The van der Waals surface area contributed by atoms with Crippen LogP contribution in [0.4, 0.5) is 0 Å². The molecule has 1 aromatic carbocycles. The first-order chi connectivity index (χ1) is 6.62. The summed E-state index contributed by atoms with van der Waals surface area (Å²) >= 11 is 3.14. The maximum atomic E-state index is 10.9. The van der Waals surface area contributed by atoms with Gasteiger partial charge in [0, 0.05) is 4.47 Å². The Morgan fingerprint density at radius 1 is 1.27 bits per heavy atom. The third-order valence-corrected chi connectivity index (χ3v) is 3.91. The lowest BCUT2D eigenvalue weighted by Gasteiger charge is -2.19. The van der Waals surface area contributed by atoms with E-state index in [1.54, 1.807) is 12.1 Å². The molecular weight excluding hydrogens is 280 g/mol. The molecule has 0 aliphatic carbocycles. The molecule has 0 unspecified atom stereocenters. The molecule has 0 radical (unpaired) electrons. The Morgan fingerprint density at radius 3 is 2.13 bits per heavy atom. The Labute approximate surface area is 98.4 Å². The summed E-state index contributed by atoms with van der Waals surface area (Å²) in [4.78, 5) is -0.101. The number of halogens is 1. The number of hydrogen-bond acceptors (Lipinski definition) is 2. The normalized spacial score (nSPS) is 12.9. The molecule has 5 heteroatoms. The second kappa shape index (κ2) is 3.88. The van der Waals surface area contributed by atoms with Crippen LogP contribution in [0.5, 0.6) is 0 Å². The molecule has 1 rings (SSSR count). The summed E-state index contributed by atoms with van der Waals surface area (Å²) < 4.78 is 31.2. The zero-order valence-electron chi connectivity index (χ0n) is 8.78. The van der Waals surface area contributed by atoms with Gasteiger partial charge in [-0.15, -0.1) is 0 Å². The van der Waals surface area contributed by atoms with E-state index in [4.69, 9.17) is 4.55 Å². The predicted molar refractivity (Wildman–Crippen MR) is 62.7 cm³/mol. The monoisotopic (exact) mass is 292 g/mol. The molecule has 0 atom stereocenters. The standard InChI is InChI=1S/C10H13BrO3S/c1-10(2,3)7-4-5-9(8(11)6-7)15(12,13)14/h4-6H,1-3H3,(H,12,13,14). The SMILES string of the molecule is CC(C)(C)c1ccc(S(=O)(=O)O)c(Br)c1. The van der Waals surface area contributed by atoms with Crippen LogP contribution in [-0.2, 0) is 15.5 Å². The highest BCUT2D eigenvalue weighted by molar-refractivity contribution is 9.10. The van der Waals surface area contributed by atoms with Crippen LogP contribution in [0, 0.1) is 0 Å². The van der Waals surface area contributed by atoms with Crippen LogP contribution in [0.3, 0.4) is 0 Å². The van der Waals surface area contributed by atoms with Crippen molar-refractivity contribution in [3.05, 3.63) is 28.2 Å². The van der Waals surface area contributed by atoms with E-state index in [0.29, 0.717) is 4.47 Å². The van der Waals surface area contributed by atoms with Crippen molar-refractivity contribution in [2.45, 2.75) is 31.1 Å². The minimum absolute atomic E-state index is 0.0553. The molecule has 0 aliphatic heterocycles. The van der Waals surface area contributed by atoms with Gasteiger partial charge < -0.3 is 0 Å². The van der Waals surface area contributed by atoms with E-state index in [1.165, 1.54) is 6.07 Å². The predicted octanol–water partition coefficient (Wildman–Crippen LogP) is 2.99. The van der Waals surface area contributed by atoms with Crippen LogP contribution in [0.15, 0.2) is 27.6 Å². The van der Waals surface area contributed by atoms with E-state index < -0.39 is 10.1 Å². The summed E-state index contributed by atoms with van der Waals surface area (Å²) in [5.41, 5.74) is 0.946. The first-order valence-electron chi connectivity index (χ1n) is 4.40. The van der Waals surface area contributed by atoms with Gasteiger partial charge in [0.2, 0.25) is 0 Å². The van der Waals surface area contributed by atoms with Crippen molar-refractivity contribution in [1.82, 2.24) is 0 Å². The second-order valence-corrected chi connectivity index (χ2v) is 6.61. The molecule has 0 aromatic heterocycles. The Bertz CT molecular complexity index is 472. The lowest BCUT2D eigenvalue weighted by molar-refractivity contribution is 0.482. The maximum absolute atomic E-state index is 10.9. The molecule has 0 saturated heterocycles. The third-order valence-electron chi connectivity index (χ3n) is 2.08. The molecule has 0 bridgehead atoms. The third kappa shape index (κ3) is 3.03. The first kappa shape index (κ1) is 12.7. The Kier molecular flexibility index (Phi) is 3.28. The molecule has 0 heterocycles. The van der Waals surface area contributed by atoms with Gasteiger partial charge >= 0.3 is 0 Å². The summed E-state index contributed by atoms with van der Waals surface area (Å²) in [5, 5.41) is 0. The van der Waals surface area contributed by atoms with Crippen LogP contribution >= 0.6 is 15.9 Å². The van der Waals surface area contributed by atoms with Crippen molar-refractivity contribution < 1.29 is 13.0 Å². The van der Waals surface area contributed by atoms with E-state index in [2.05, 4.69) is 15.9 Å². The highest BCUT2D eigenvalue weighted by Crippen LogP contribution is 2.29. The summed E-state index contributed by atoms with van der Waals surface area (Å²) in [6.07, 6.45) is 0. The molecule has 0 aliphatic rings. The average molecular weight is 293 g/mol. The molecule has 15 heavy (non-hydrogen) atoms. The lowest BCUT2D eigenvalue weighted by Crippen LogP contribution is -2.11. The fourth-order valence-corrected chi connectivity index (χ4v) is 2.71. The summed E-state index contributed by atoms with van der Waals surface area (Å²) in [6, 6.07) is 4.82. The Balaban J connectivity index is 3.34. The smallest absolute Gasteiger partial charge is 0.282 e. The molecular formula is C10H13BrO3S. The van der Waals surface area contributed by atoms with E-state index >= 15 is 0 Å². The molecule has 0 fully saturated rings. The van der Waals surface area contributed by atoms with Gasteiger partial charge in [-0.3, -0.25) is 4.55 Å². The van der Waals surface area contributed by atoms with Crippen LogP contribution in [0.2, 0.25) is 0 Å². The average Bonchev–Trinajstić information content (AvgIpc) is 1.99. The first-order valence-corrected chi connectivity index (χ1v) is 6.63. The molecule has 0 saturated carbocycles.